The molecule has 1 unspecified atom stereocenters. The minimum atomic E-state index is -2.32. The van der Waals surface area contributed by atoms with Crippen LogP contribution in [0, 0.1) is 13.8 Å². The number of aryl methyl sites for hydroxylation is 3. The van der Waals surface area contributed by atoms with Gasteiger partial charge in [0, 0.05) is 43.7 Å². The van der Waals surface area contributed by atoms with Gasteiger partial charge in [-0.2, -0.15) is 0 Å². The van der Waals surface area contributed by atoms with Crippen LogP contribution in [0.1, 0.15) is 173 Å². The van der Waals surface area contributed by atoms with E-state index in [1.54, 1.807) is 11.1 Å². The number of hydrogen-bond acceptors (Lipinski definition) is 7. The average Bonchev–Trinajstić information content (AvgIpc) is 2.37. The second-order valence-electron chi connectivity index (χ2n) is 25.9. The van der Waals surface area contributed by atoms with Crippen LogP contribution in [0.4, 0.5) is 17.1 Å². The standard InChI is InChI=1S/C53H67N.C17H44O6Si4.CH4.H2/c1-6-9-12-14-16-18-37-53(38-19-17-15-13-10-7-2)51-39-42(5)23-35-49(51)50-36-28-45(40-52(50)53)44-26-33-48(34-27-44)54(46-29-21-41(4)22-30-46)47-31-24-43(25-32-47)20-11-8-3;1-24(2,3)21-26(7,8)23-27(9,22-25(4,5)6)17-11-14-20-16-15-19-13-10-12-18;;/h21-36,39-40H,6-20,37-38H2,1-5H3;18H,10-17H2,1-9H3;1H4;1H. The third-order valence-electron chi connectivity index (χ3n) is 15.5. The zero-order valence-corrected chi connectivity index (χ0v) is 57.5. The lowest BCUT2D eigenvalue weighted by Gasteiger charge is -2.41. The van der Waals surface area contributed by atoms with E-state index in [-0.39, 0.29) is 20.9 Å². The van der Waals surface area contributed by atoms with E-state index in [0.717, 1.165) is 18.9 Å². The molecule has 0 saturated carbocycles. The van der Waals surface area contributed by atoms with Crippen molar-refractivity contribution in [2.24, 2.45) is 0 Å². The summed E-state index contributed by atoms with van der Waals surface area (Å²) in [5, 5.41) is 8.71. The first-order chi connectivity index (χ1) is 38.6. The molecule has 0 bridgehead atoms. The molecule has 0 fully saturated rings. The van der Waals surface area contributed by atoms with Crippen molar-refractivity contribution >= 4 is 50.8 Å². The number of benzene rings is 5. The van der Waals surface area contributed by atoms with Crippen molar-refractivity contribution in [3.8, 4) is 22.3 Å². The summed E-state index contributed by atoms with van der Waals surface area (Å²) in [6.07, 6.45) is 23.8. The molecular formula is C71H117NO6Si4. The first-order valence-electron chi connectivity index (χ1n) is 31.8. The Bertz CT molecular complexity index is 2550. The van der Waals surface area contributed by atoms with Crippen LogP contribution in [0.25, 0.3) is 22.3 Å². The number of unbranched alkanes of at least 4 members (excludes halogenated alkanes) is 11. The normalized spacial score (nSPS) is 13.6. The van der Waals surface area contributed by atoms with Crippen LogP contribution < -0.4 is 4.90 Å². The van der Waals surface area contributed by atoms with Crippen molar-refractivity contribution in [3.63, 3.8) is 0 Å². The van der Waals surface area contributed by atoms with E-state index in [2.05, 4.69) is 208 Å². The van der Waals surface area contributed by atoms with Crippen molar-refractivity contribution in [2.45, 2.75) is 234 Å². The van der Waals surface area contributed by atoms with Crippen molar-refractivity contribution in [2.75, 3.05) is 37.9 Å². The Labute approximate surface area is 507 Å². The average molecular weight is 1190 g/mol. The summed E-state index contributed by atoms with van der Waals surface area (Å²) in [6, 6.07) is 43.2. The predicted molar refractivity (Wildman–Crippen MR) is 368 cm³/mol. The van der Waals surface area contributed by atoms with Crippen LogP contribution in [-0.2, 0) is 33.7 Å². The molecule has 82 heavy (non-hydrogen) atoms. The molecule has 5 aromatic rings. The quantitative estimate of drug-likeness (QED) is 0.0314. The second-order valence-corrected chi connectivity index (χ2v) is 42.4. The maximum Gasteiger partial charge on any atom is 0.315 e. The minimum absolute atomic E-state index is 0. The molecule has 0 heterocycles. The molecule has 1 aliphatic carbocycles. The summed E-state index contributed by atoms with van der Waals surface area (Å²) in [5.74, 6) is 0. The van der Waals surface area contributed by atoms with Crippen LogP contribution in [0.15, 0.2) is 109 Å². The fourth-order valence-electron chi connectivity index (χ4n) is 12.0. The molecule has 11 heteroatoms. The molecule has 0 radical (unpaired) electrons. The van der Waals surface area contributed by atoms with E-state index >= 15 is 0 Å². The number of hydrogen-bond donors (Lipinski definition) is 1. The second kappa shape index (κ2) is 35.2. The van der Waals surface area contributed by atoms with E-state index in [1.807, 2.05) is 0 Å². The third-order valence-corrected chi connectivity index (χ3v) is 29.0. The maximum atomic E-state index is 8.71. The first-order valence-corrected chi connectivity index (χ1v) is 44.0. The van der Waals surface area contributed by atoms with E-state index in [0.29, 0.717) is 32.8 Å². The van der Waals surface area contributed by atoms with Crippen molar-refractivity contribution in [1.82, 2.24) is 0 Å². The molecule has 1 N–H and O–H groups in total. The van der Waals surface area contributed by atoms with Crippen LogP contribution in [0.3, 0.4) is 0 Å². The number of aliphatic hydroxyl groups excluding tert-OH is 1. The molecule has 6 rings (SSSR count). The Morgan fingerprint density at radius 3 is 1.43 bits per heavy atom. The zero-order valence-electron chi connectivity index (χ0n) is 53.5. The molecule has 0 aromatic heterocycles. The minimum Gasteiger partial charge on any atom is -0.437 e. The number of fused-ring (bicyclic) bond motifs is 3. The van der Waals surface area contributed by atoms with Gasteiger partial charge in [-0.05, 0) is 199 Å². The van der Waals surface area contributed by atoms with E-state index in [1.165, 1.54) is 159 Å². The predicted octanol–water partition coefficient (Wildman–Crippen LogP) is 21.7. The lowest BCUT2D eigenvalue weighted by Crippen LogP contribution is -2.56. The molecule has 0 aliphatic heterocycles. The maximum absolute atomic E-state index is 8.71. The number of anilines is 3. The SMILES string of the molecule is C.CCCCCCCCC1(CCCCCCCC)c2cc(C)ccc2-c2ccc(-c3ccc(N(c4ccc(C)cc4)c4ccc(CCCC)cc4)cc3)cc21.C[Si](C)(C)O[Si](C)(C)O[Si](C)(CCCOCCOCCCO)O[Si](C)(C)C.[HH]. The van der Waals surface area contributed by atoms with Gasteiger partial charge in [-0.25, -0.2) is 0 Å². The van der Waals surface area contributed by atoms with E-state index in [9.17, 15) is 0 Å². The van der Waals surface area contributed by atoms with Crippen LogP contribution in [-0.4, -0.2) is 71.9 Å². The monoisotopic (exact) mass is 1190 g/mol. The molecule has 1 aliphatic rings. The van der Waals surface area contributed by atoms with E-state index in [4.69, 9.17) is 26.9 Å². The summed E-state index contributed by atoms with van der Waals surface area (Å²) in [7, 11) is -7.92. The van der Waals surface area contributed by atoms with Gasteiger partial charge in [0.1, 0.15) is 0 Å². The van der Waals surface area contributed by atoms with Gasteiger partial charge in [0.2, 0.25) is 0 Å². The highest BCUT2D eigenvalue weighted by atomic mass is 28.5. The summed E-state index contributed by atoms with van der Waals surface area (Å²) < 4.78 is 30.6. The highest BCUT2D eigenvalue weighted by molar-refractivity contribution is 6.89. The number of ether oxygens (including phenoxy) is 2. The largest absolute Gasteiger partial charge is 0.437 e. The molecule has 0 amide bonds. The van der Waals surface area contributed by atoms with Crippen molar-refractivity contribution in [3.05, 3.63) is 137 Å². The molecule has 5 aromatic carbocycles. The van der Waals surface area contributed by atoms with Gasteiger partial charge >= 0.3 is 17.1 Å². The van der Waals surface area contributed by atoms with Gasteiger partial charge in [0.15, 0.2) is 16.6 Å². The molecular weight excluding hydrogens is 1080 g/mol. The molecule has 0 saturated heterocycles. The Balaban J connectivity index is 0.000000531. The van der Waals surface area contributed by atoms with Crippen LogP contribution in [0.2, 0.25) is 65.0 Å². The smallest absolute Gasteiger partial charge is 0.315 e. The highest BCUT2D eigenvalue weighted by Gasteiger charge is 2.45. The summed E-state index contributed by atoms with van der Waals surface area (Å²) in [5.41, 5.74) is 16.5. The van der Waals surface area contributed by atoms with Gasteiger partial charge < -0.3 is 31.8 Å². The zero-order chi connectivity index (χ0) is 58.9. The Kier molecular flexibility index (Phi) is 30.5. The summed E-state index contributed by atoms with van der Waals surface area (Å²) in [4.78, 5) is 2.40. The van der Waals surface area contributed by atoms with Gasteiger partial charge in [-0.15, -0.1) is 0 Å². The Morgan fingerprint density at radius 1 is 0.451 bits per heavy atom. The fourth-order valence-corrected chi connectivity index (χ4v) is 30.0. The highest BCUT2D eigenvalue weighted by Crippen LogP contribution is 2.55. The number of nitrogens with zero attached hydrogens (tertiary/aromatic N) is 1. The number of aliphatic hydroxyl groups is 1. The van der Waals surface area contributed by atoms with Gasteiger partial charge in [0.05, 0.1) is 13.2 Å². The van der Waals surface area contributed by atoms with Gasteiger partial charge in [-0.1, -0.05) is 190 Å². The van der Waals surface area contributed by atoms with Crippen LogP contribution >= 0.6 is 0 Å². The van der Waals surface area contributed by atoms with E-state index < -0.39 is 33.8 Å². The third kappa shape index (κ3) is 23.4. The van der Waals surface area contributed by atoms with Crippen LogP contribution in [0.5, 0.6) is 0 Å². The summed E-state index contributed by atoms with van der Waals surface area (Å²) >= 11 is 0. The summed E-state index contributed by atoms with van der Waals surface area (Å²) in [6.45, 7) is 33.7. The first kappa shape index (κ1) is 71.0. The molecule has 0 spiro atoms. The molecule has 7 nitrogen and oxygen atoms in total. The molecule has 1 atom stereocenters. The van der Waals surface area contributed by atoms with Crippen molar-refractivity contribution < 1.29 is 28.4 Å². The van der Waals surface area contributed by atoms with Gasteiger partial charge in [-0.3, -0.25) is 0 Å². The lowest BCUT2D eigenvalue weighted by molar-refractivity contribution is 0.0425. The topological polar surface area (TPSA) is 69.6 Å². The fraction of sp³-hybridized carbons (Fsp3) is 0.577. The lowest BCUT2D eigenvalue weighted by atomic mass is 9.70. The molecule has 458 valence electrons. The Hall–Kier alpha value is -3.47. The number of rotatable bonds is 37. The van der Waals surface area contributed by atoms with Gasteiger partial charge in [0.25, 0.3) is 0 Å². The Morgan fingerprint density at radius 2 is 0.902 bits per heavy atom. The van der Waals surface area contributed by atoms with Crippen molar-refractivity contribution in [1.29, 1.82) is 0 Å².